The van der Waals surface area contributed by atoms with Crippen molar-refractivity contribution in [3.05, 3.63) is 0 Å². The van der Waals surface area contributed by atoms with Gasteiger partial charge >= 0.3 is 0 Å². The summed E-state index contributed by atoms with van der Waals surface area (Å²) in [6, 6.07) is 0.198. The van der Waals surface area contributed by atoms with Crippen LogP contribution in [-0.2, 0) is 9.53 Å². The molecule has 0 aromatic carbocycles. The van der Waals surface area contributed by atoms with Gasteiger partial charge in [-0.25, -0.2) is 0 Å². The maximum absolute atomic E-state index is 12.3. The molecule has 1 atom stereocenters. The lowest BCUT2D eigenvalue weighted by Crippen LogP contribution is -2.52. The highest BCUT2D eigenvalue weighted by atomic mass is 16.5. The number of carbonyl (C=O) groups excluding carboxylic acids is 1. The fourth-order valence-electron chi connectivity index (χ4n) is 2.93. The van der Waals surface area contributed by atoms with Crippen molar-refractivity contribution in [3.8, 4) is 0 Å². The van der Waals surface area contributed by atoms with Gasteiger partial charge in [0.15, 0.2) is 0 Å². The predicted octanol–water partition coefficient (Wildman–Crippen LogP) is 1.29. The summed E-state index contributed by atoms with van der Waals surface area (Å²) >= 11 is 0. The van der Waals surface area contributed by atoms with Crippen LogP contribution >= 0.6 is 0 Å². The number of nitrogens with zero attached hydrogens (tertiary/aromatic N) is 1. The van der Waals surface area contributed by atoms with Gasteiger partial charge < -0.3 is 15.4 Å². The first-order valence-electron chi connectivity index (χ1n) is 6.77. The molecule has 0 spiro atoms. The monoisotopic (exact) mass is 240 g/mol. The molecule has 1 saturated heterocycles. The minimum atomic E-state index is -0.243. The molecule has 1 aliphatic carbocycles. The minimum absolute atomic E-state index is 0.198. The summed E-state index contributed by atoms with van der Waals surface area (Å²) in [5, 5.41) is 0. The van der Waals surface area contributed by atoms with Crippen LogP contribution in [0.15, 0.2) is 0 Å². The molecule has 2 aliphatic rings. The van der Waals surface area contributed by atoms with Gasteiger partial charge in [-0.1, -0.05) is 19.3 Å². The molecule has 0 radical (unpaired) electrons. The normalized spacial score (nSPS) is 29.1. The SMILES string of the molecule is CC1COCCN1C(=O)CC1(N)CCCCC1. The molecule has 2 rings (SSSR count). The highest BCUT2D eigenvalue weighted by Gasteiger charge is 2.33. The van der Waals surface area contributed by atoms with E-state index in [1.54, 1.807) is 0 Å². The van der Waals surface area contributed by atoms with E-state index in [0.29, 0.717) is 19.6 Å². The van der Waals surface area contributed by atoms with Gasteiger partial charge in [0.05, 0.1) is 19.3 Å². The summed E-state index contributed by atoms with van der Waals surface area (Å²) < 4.78 is 5.35. The van der Waals surface area contributed by atoms with Gasteiger partial charge in [0.25, 0.3) is 0 Å². The van der Waals surface area contributed by atoms with Crippen LogP contribution in [0.5, 0.6) is 0 Å². The molecule has 4 heteroatoms. The van der Waals surface area contributed by atoms with E-state index in [0.717, 1.165) is 19.4 Å². The van der Waals surface area contributed by atoms with Crippen molar-refractivity contribution >= 4 is 5.91 Å². The number of amides is 1. The Hall–Kier alpha value is -0.610. The molecule has 2 N–H and O–H groups in total. The third-order valence-electron chi connectivity index (χ3n) is 4.04. The lowest BCUT2D eigenvalue weighted by Gasteiger charge is -2.38. The summed E-state index contributed by atoms with van der Waals surface area (Å²) in [4.78, 5) is 14.2. The van der Waals surface area contributed by atoms with Crippen molar-refractivity contribution in [2.75, 3.05) is 19.8 Å². The Kier molecular flexibility index (Phi) is 4.05. The highest BCUT2D eigenvalue weighted by Crippen LogP contribution is 2.29. The van der Waals surface area contributed by atoms with E-state index >= 15 is 0 Å². The average molecular weight is 240 g/mol. The Morgan fingerprint density at radius 3 is 2.76 bits per heavy atom. The Morgan fingerprint density at radius 1 is 1.41 bits per heavy atom. The van der Waals surface area contributed by atoms with Crippen molar-refractivity contribution in [1.29, 1.82) is 0 Å². The minimum Gasteiger partial charge on any atom is -0.377 e. The van der Waals surface area contributed by atoms with Crippen molar-refractivity contribution in [2.45, 2.75) is 57.0 Å². The molecule has 0 bridgehead atoms. The first-order valence-corrected chi connectivity index (χ1v) is 6.77. The zero-order valence-electron chi connectivity index (χ0n) is 10.8. The Morgan fingerprint density at radius 2 is 2.12 bits per heavy atom. The fraction of sp³-hybridized carbons (Fsp3) is 0.923. The lowest BCUT2D eigenvalue weighted by atomic mass is 9.80. The van der Waals surface area contributed by atoms with Gasteiger partial charge in [0.2, 0.25) is 5.91 Å². The maximum Gasteiger partial charge on any atom is 0.224 e. The lowest BCUT2D eigenvalue weighted by molar-refractivity contribution is -0.140. The van der Waals surface area contributed by atoms with E-state index in [1.807, 2.05) is 11.8 Å². The summed E-state index contributed by atoms with van der Waals surface area (Å²) in [7, 11) is 0. The number of morpholine rings is 1. The number of rotatable bonds is 2. The zero-order valence-corrected chi connectivity index (χ0v) is 10.8. The van der Waals surface area contributed by atoms with Crippen LogP contribution < -0.4 is 5.73 Å². The molecule has 0 aromatic rings. The molecule has 1 unspecified atom stereocenters. The number of hydrogen-bond donors (Lipinski definition) is 1. The van der Waals surface area contributed by atoms with Crippen molar-refractivity contribution < 1.29 is 9.53 Å². The molecule has 4 nitrogen and oxygen atoms in total. The summed E-state index contributed by atoms with van der Waals surface area (Å²) in [6.45, 7) is 4.08. The van der Waals surface area contributed by atoms with E-state index < -0.39 is 0 Å². The van der Waals surface area contributed by atoms with Crippen LogP contribution in [0.4, 0.5) is 0 Å². The molecular weight excluding hydrogens is 216 g/mol. The highest BCUT2D eigenvalue weighted by molar-refractivity contribution is 5.78. The smallest absolute Gasteiger partial charge is 0.224 e. The average Bonchev–Trinajstić information content (AvgIpc) is 2.29. The Bertz CT molecular complexity index is 275. The largest absolute Gasteiger partial charge is 0.377 e. The third kappa shape index (κ3) is 3.19. The van der Waals surface area contributed by atoms with Gasteiger partial charge in [-0.3, -0.25) is 4.79 Å². The standard InChI is InChI=1S/C13H24N2O2/c1-11-10-17-8-7-15(11)12(16)9-13(14)5-3-2-4-6-13/h11H,2-10,14H2,1H3. The van der Waals surface area contributed by atoms with Gasteiger partial charge in [-0.2, -0.15) is 0 Å². The van der Waals surface area contributed by atoms with E-state index in [2.05, 4.69) is 0 Å². The number of nitrogens with two attached hydrogens (primary N) is 1. The van der Waals surface area contributed by atoms with Crippen LogP contribution in [-0.4, -0.2) is 42.1 Å². The molecule has 98 valence electrons. The van der Waals surface area contributed by atoms with E-state index in [9.17, 15) is 4.79 Å². The molecular formula is C13H24N2O2. The van der Waals surface area contributed by atoms with E-state index in [-0.39, 0.29) is 17.5 Å². The topological polar surface area (TPSA) is 55.6 Å². The number of carbonyl (C=O) groups is 1. The van der Waals surface area contributed by atoms with Gasteiger partial charge in [0.1, 0.15) is 0 Å². The van der Waals surface area contributed by atoms with Crippen molar-refractivity contribution in [3.63, 3.8) is 0 Å². The first-order chi connectivity index (χ1) is 8.11. The van der Waals surface area contributed by atoms with Crippen LogP contribution in [0.3, 0.4) is 0 Å². The first kappa shape index (κ1) is 12.8. The summed E-state index contributed by atoms with van der Waals surface area (Å²) in [6.07, 6.45) is 6.11. The Balaban J connectivity index is 1.90. The van der Waals surface area contributed by atoms with Gasteiger partial charge in [-0.15, -0.1) is 0 Å². The molecule has 1 heterocycles. The second-order valence-corrected chi connectivity index (χ2v) is 5.61. The maximum atomic E-state index is 12.3. The quantitative estimate of drug-likeness (QED) is 0.791. The van der Waals surface area contributed by atoms with E-state index in [1.165, 1.54) is 19.3 Å². The van der Waals surface area contributed by atoms with E-state index in [4.69, 9.17) is 10.5 Å². The summed E-state index contributed by atoms with van der Waals surface area (Å²) in [5.41, 5.74) is 6.09. The second-order valence-electron chi connectivity index (χ2n) is 5.61. The Labute approximate surface area is 103 Å². The second kappa shape index (κ2) is 5.36. The van der Waals surface area contributed by atoms with Crippen LogP contribution in [0.25, 0.3) is 0 Å². The van der Waals surface area contributed by atoms with Gasteiger partial charge in [0, 0.05) is 18.5 Å². The molecule has 0 aromatic heterocycles. The molecule has 17 heavy (non-hydrogen) atoms. The third-order valence-corrected chi connectivity index (χ3v) is 4.04. The molecule has 2 fully saturated rings. The van der Waals surface area contributed by atoms with Crippen LogP contribution in [0.1, 0.15) is 45.4 Å². The molecule has 1 aliphatic heterocycles. The van der Waals surface area contributed by atoms with Gasteiger partial charge in [-0.05, 0) is 19.8 Å². The van der Waals surface area contributed by atoms with Crippen molar-refractivity contribution in [1.82, 2.24) is 4.90 Å². The van der Waals surface area contributed by atoms with Crippen LogP contribution in [0, 0.1) is 0 Å². The molecule has 1 amide bonds. The summed E-state index contributed by atoms with van der Waals surface area (Å²) in [5.74, 6) is 0.213. The number of ether oxygens (including phenoxy) is 1. The van der Waals surface area contributed by atoms with Crippen LogP contribution in [0.2, 0.25) is 0 Å². The zero-order chi connectivity index (χ0) is 12.3. The molecule has 1 saturated carbocycles. The fourth-order valence-corrected chi connectivity index (χ4v) is 2.93. The predicted molar refractivity (Wildman–Crippen MR) is 66.6 cm³/mol. The number of hydrogen-bond acceptors (Lipinski definition) is 3. The van der Waals surface area contributed by atoms with Crippen molar-refractivity contribution in [2.24, 2.45) is 5.73 Å².